The minimum absolute atomic E-state index is 0.131. The zero-order valence-corrected chi connectivity index (χ0v) is 12.0. The molecule has 1 N–H and O–H groups in total. The van der Waals surface area contributed by atoms with Gasteiger partial charge in [0.2, 0.25) is 0 Å². The van der Waals surface area contributed by atoms with Crippen LogP contribution in [0.5, 0.6) is 0 Å². The molecule has 100 valence electrons. The fraction of sp³-hybridized carbons (Fsp3) is 0.167. The SMILES string of the molecule is CC(Nc1cc(F)c(I)cc1[N+](=O)[O-])c1ccco1. The molecule has 0 aliphatic carbocycles. The van der Waals surface area contributed by atoms with Crippen molar-refractivity contribution < 1.29 is 13.7 Å². The van der Waals surface area contributed by atoms with E-state index in [0.29, 0.717) is 5.76 Å². The van der Waals surface area contributed by atoms with Crippen LogP contribution >= 0.6 is 22.6 Å². The molecule has 0 saturated carbocycles. The quantitative estimate of drug-likeness (QED) is 0.496. The summed E-state index contributed by atoms with van der Waals surface area (Å²) in [5, 5.41) is 13.9. The molecular weight excluding hydrogens is 366 g/mol. The molecule has 2 aromatic rings. The van der Waals surface area contributed by atoms with E-state index in [1.54, 1.807) is 41.6 Å². The van der Waals surface area contributed by atoms with E-state index >= 15 is 0 Å². The zero-order valence-electron chi connectivity index (χ0n) is 9.89. The molecule has 0 aliphatic rings. The monoisotopic (exact) mass is 376 g/mol. The maximum atomic E-state index is 13.5. The van der Waals surface area contributed by atoms with Crippen molar-refractivity contribution in [2.75, 3.05) is 5.32 Å². The largest absolute Gasteiger partial charge is 0.467 e. The Morgan fingerprint density at radius 2 is 2.26 bits per heavy atom. The number of benzene rings is 1. The first-order chi connectivity index (χ1) is 8.99. The number of nitro benzene ring substituents is 1. The molecule has 1 aromatic carbocycles. The van der Waals surface area contributed by atoms with Gasteiger partial charge in [-0.05, 0) is 41.6 Å². The Morgan fingerprint density at radius 1 is 1.53 bits per heavy atom. The van der Waals surface area contributed by atoms with Crippen molar-refractivity contribution in [1.82, 2.24) is 0 Å². The van der Waals surface area contributed by atoms with E-state index in [1.807, 2.05) is 0 Å². The van der Waals surface area contributed by atoms with E-state index in [4.69, 9.17) is 4.42 Å². The number of rotatable bonds is 4. The van der Waals surface area contributed by atoms with Crippen molar-refractivity contribution in [2.45, 2.75) is 13.0 Å². The second-order valence-electron chi connectivity index (χ2n) is 3.92. The van der Waals surface area contributed by atoms with Gasteiger partial charge in [0.1, 0.15) is 17.3 Å². The van der Waals surface area contributed by atoms with E-state index in [0.717, 1.165) is 6.07 Å². The molecule has 19 heavy (non-hydrogen) atoms. The molecule has 1 aromatic heterocycles. The number of halogens is 2. The van der Waals surface area contributed by atoms with Crippen LogP contribution in [-0.4, -0.2) is 4.92 Å². The van der Waals surface area contributed by atoms with Gasteiger partial charge < -0.3 is 9.73 Å². The van der Waals surface area contributed by atoms with E-state index in [-0.39, 0.29) is 21.0 Å². The molecule has 1 atom stereocenters. The highest BCUT2D eigenvalue weighted by molar-refractivity contribution is 14.1. The number of nitrogens with zero attached hydrogens (tertiary/aromatic N) is 1. The molecule has 0 saturated heterocycles. The van der Waals surface area contributed by atoms with E-state index < -0.39 is 10.7 Å². The lowest BCUT2D eigenvalue weighted by molar-refractivity contribution is -0.384. The topological polar surface area (TPSA) is 68.3 Å². The number of anilines is 1. The third kappa shape index (κ3) is 3.03. The van der Waals surface area contributed by atoms with E-state index in [1.165, 1.54) is 12.3 Å². The molecule has 1 unspecified atom stereocenters. The maximum Gasteiger partial charge on any atom is 0.293 e. The summed E-state index contributed by atoms with van der Waals surface area (Å²) >= 11 is 1.72. The van der Waals surface area contributed by atoms with Crippen LogP contribution in [0.4, 0.5) is 15.8 Å². The molecule has 7 heteroatoms. The normalized spacial score (nSPS) is 12.2. The van der Waals surface area contributed by atoms with Crippen molar-refractivity contribution in [3.8, 4) is 0 Å². The highest BCUT2D eigenvalue weighted by Crippen LogP contribution is 2.31. The van der Waals surface area contributed by atoms with Gasteiger partial charge in [0.25, 0.3) is 5.69 Å². The highest BCUT2D eigenvalue weighted by Gasteiger charge is 2.20. The molecule has 0 spiro atoms. The predicted octanol–water partition coefficient (Wildman–Crippen LogP) is 4.10. The Morgan fingerprint density at radius 3 is 2.84 bits per heavy atom. The first kappa shape index (κ1) is 13.8. The van der Waals surface area contributed by atoms with Crippen LogP contribution in [0.2, 0.25) is 0 Å². The van der Waals surface area contributed by atoms with Gasteiger partial charge in [0.15, 0.2) is 0 Å². The Labute approximate surface area is 122 Å². The minimum Gasteiger partial charge on any atom is -0.467 e. The average Bonchev–Trinajstić information content (AvgIpc) is 2.86. The summed E-state index contributed by atoms with van der Waals surface area (Å²) in [5.74, 6) is 0.119. The second kappa shape index (κ2) is 5.55. The molecule has 0 amide bonds. The lowest BCUT2D eigenvalue weighted by Gasteiger charge is -2.13. The predicted molar refractivity (Wildman–Crippen MR) is 76.5 cm³/mol. The molecule has 0 bridgehead atoms. The summed E-state index contributed by atoms with van der Waals surface area (Å²) in [7, 11) is 0. The van der Waals surface area contributed by atoms with Gasteiger partial charge in [0, 0.05) is 12.1 Å². The van der Waals surface area contributed by atoms with Crippen LogP contribution in [0.25, 0.3) is 0 Å². The third-order valence-electron chi connectivity index (χ3n) is 2.58. The lowest BCUT2D eigenvalue weighted by Crippen LogP contribution is -2.08. The van der Waals surface area contributed by atoms with E-state index in [2.05, 4.69) is 5.32 Å². The van der Waals surface area contributed by atoms with Crippen LogP contribution in [0, 0.1) is 19.5 Å². The van der Waals surface area contributed by atoms with Crippen LogP contribution in [0.1, 0.15) is 18.7 Å². The van der Waals surface area contributed by atoms with Gasteiger partial charge >= 0.3 is 0 Å². The van der Waals surface area contributed by atoms with Gasteiger partial charge in [-0.25, -0.2) is 4.39 Å². The molecule has 2 rings (SSSR count). The first-order valence-electron chi connectivity index (χ1n) is 5.42. The van der Waals surface area contributed by atoms with Crippen LogP contribution in [0.3, 0.4) is 0 Å². The minimum atomic E-state index is -0.543. The zero-order chi connectivity index (χ0) is 14.0. The fourth-order valence-electron chi connectivity index (χ4n) is 1.65. The summed E-state index contributed by atoms with van der Waals surface area (Å²) in [4.78, 5) is 10.4. The average molecular weight is 376 g/mol. The van der Waals surface area contributed by atoms with Crippen molar-refractivity contribution in [3.05, 3.63) is 55.8 Å². The van der Waals surface area contributed by atoms with Crippen LogP contribution in [-0.2, 0) is 0 Å². The summed E-state index contributed by atoms with van der Waals surface area (Å²) < 4.78 is 18.9. The van der Waals surface area contributed by atoms with Crippen molar-refractivity contribution in [2.24, 2.45) is 0 Å². The van der Waals surface area contributed by atoms with Crippen LogP contribution < -0.4 is 5.32 Å². The second-order valence-corrected chi connectivity index (χ2v) is 5.08. The summed E-state index contributed by atoms with van der Waals surface area (Å²) in [6, 6.07) is 5.49. The number of nitro groups is 1. The third-order valence-corrected chi connectivity index (χ3v) is 3.40. The summed E-state index contributed by atoms with van der Waals surface area (Å²) in [6.07, 6.45) is 1.51. The molecule has 5 nitrogen and oxygen atoms in total. The first-order valence-corrected chi connectivity index (χ1v) is 6.50. The van der Waals surface area contributed by atoms with E-state index in [9.17, 15) is 14.5 Å². The van der Waals surface area contributed by atoms with Gasteiger partial charge in [-0.15, -0.1) is 0 Å². The Kier molecular flexibility index (Phi) is 4.03. The Hall–Kier alpha value is -1.64. The summed E-state index contributed by atoms with van der Waals surface area (Å²) in [5.41, 5.74) is -0.0315. The van der Waals surface area contributed by atoms with Gasteiger partial charge in [-0.2, -0.15) is 0 Å². The maximum absolute atomic E-state index is 13.5. The van der Waals surface area contributed by atoms with Crippen molar-refractivity contribution >= 4 is 34.0 Å². The number of hydrogen-bond donors (Lipinski definition) is 1. The van der Waals surface area contributed by atoms with Crippen LogP contribution in [0.15, 0.2) is 34.9 Å². The fourth-order valence-corrected chi connectivity index (χ4v) is 2.10. The Bertz CT molecular complexity index is 601. The number of furan rings is 1. The molecule has 1 heterocycles. The highest BCUT2D eigenvalue weighted by atomic mass is 127. The Balaban J connectivity index is 2.33. The van der Waals surface area contributed by atoms with Crippen molar-refractivity contribution in [3.63, 3.8) is 0 Å². The van der Waals surface area contributed by atoms with Crippen molar-refractivity contribution in [1.29, 1.82) is 0 Å². The molecule has 0 radical (unpaired) electrons. The number of nitrogens with one attached hydrogen (secondary N) is 1. The van der Waals surface area contributed by atoms with Gasteiger partial charge in [-0.3, -0.25) is 10.1 Å². The molecular formula is C12H10FIN2O3. The molecule has 0 aliphatic heterocycles. The molecule has 0 fully saturated rings. The standard InChI is InChI=1S/C12H10FIN2O3/c1-7(12-3-2-4-19-12)15-10-5-8(13)9(14)6-11(10)16(17)18/h2-7,15H,1H3. The smallest absolute Gasteiger partial charge is 0.293 e. The van der Waals surface area contributed by atoms with Gasteiger partial charge in [0.05, 0.1) is 20.8 Å². The van der Waals surface area contributed by atoms with Gasteiger partial charge in [-0.1, -0.05) is 0 Å². The number of hydrogen-bond acceptors (Lipinski definition) is 4. The lowest BCUT2D eigenvalue weighted by atomic mass is 10.2. The summed E-state index contributed by atoms with van der Waals surface area (Å²) in [6.45, 7) is 1.78.